The lowest BCUT2D eigenvalue weighted by atomic mass is 9.54. The molecule has 5 heterocycles. The highest BCUT2D eigenvalue weighted by atomic mass is 16.8. The standard InChI is InChI=1S/C28H34O10/c1-12-8-25(9-13(2)22(32)37-25)38-27-14(12)5-19-28(27,35-19)21-15(29)6-16-23(3,4)34-18-7-20(31)36-26(16,18)11-24(21,33)10-17(27)30/h9,12,14-16,18-19,21,29,33H,5-8,10-11H2,1-4H3. The van der Waals surface area contributed by atoms with E-state index in [1.807, 2.05) is 20.8 Å². The van der Waals surface area contributed by atoms with E-state index in [1.54, 1.807) is 13.0 Å². The number of esters is 2. The van der Waals surface area contributed by atoms with E-state index in [9.17, 15) is 24.6 Å². The van der Waals surface area contributed by atoms with Crippen LogP contribution in [0.2, 0.25) is 0 Å². The molecule has 4 saturated heterocycles. The van der Waals surface area contributed by atoms with Gasteiger partial charge in [0.05, 0.1) is 29.8 Å². The molecule has 0 radical (unpaired) electrons. The van der Waals surface area contributed by atoms with E-state index >= 15 is 0 Å². The van der Waals surface area contributed by atoms with Crippen LogP contribution in [0.5, 0.6) is 0 Å². The fourth-order valence-electron chi connectivity index (χ4n) is 10.4. The summed E-state index contributed by atoms with van der Waals surface area (Å²) in [7, 11) is 0. The smallest absolute Gasteiger partial charge is 0.336 e. The van der Waals surface area contributed by atoms with Gasteiger partial charge in [0, 0.05) is 42.6 Å². The van der Waals surface area contributed by atoms with Crippen molar-refractivity contribution in [2.24, 2.45) is 23.7 Å². The molecular formula is C28H34O10. The Kier molecular flexibility index (Phi) is 4.13. The fourth-order valence-corrected chi connectivity index (χ4v) is 10.4. The molecule has 7 fully saturated rings. The summed E-state index contributed by atoms with van der Waals surface area (Å²) in [4.78, 5) is 39.4. The molecule has 5 aliphatic heterocycles. The van der Waals surface area contributed by atoms with Crippen molar-refractivity contribution in [2.45, 2.75) is 118 Å². The van der Waals surface area contributed by atoms with E-state index in [1.165, 1.54) is 0 Å². The number of ether oxygens (including phenoxy) is 5. The van der Waals surface area contributed by atoms with Crippen LogP contribution in [0.1, 0.15) is 66.2 Å². The fraction of sp³-hybridized carbons (Fsp3) is 0.821. The number of carbonyl (C=O) groups is 3. The molecule has 0 aromatic carbocycles. The molecule has 0 amide bonds. The van der Waals surface area contributed by atoms with Crippen molar-refractivity contribution in [3.63, 3.8) is 0 Å². The maximum Gasteiger partial charge on any atom is 0.336 e. The first-order chi connectivity index (χ1) is 17.7. The Morgan fingerprint density at radius 1 is 1.05 bits per heavy atom. The summed E-state index contributed by atoms with van der Waals surface area (Å²) < 4.78 is 31.1. The maximum atomic E-state index is 14.4. The minimum atomic E-state index is -1.71. The first-order valence-electron chi connectivity index (χ1n) is 13.9. The van der Waals surface area contributed by atoms with Gasteiger partial charge in [-0.25, -0.2) is 4.79 Å². The van der Waals surface area contributed by atoms with Crippen molar-refractivity contribution in [2.75, 3.05) is 0 Å². The SMILES string of the molecule is CC1=CC2(CC(C)C3CC4OC45C4C(O)CC6C(C)(C)OC7CC(=O)OC76CC4(O)CC(=O)C35O2)OC1=O. The Hall–Kier alpha value is -1.85. The molecule has 0 aromatic rings. The lowest BCUT2D eigenvalue weighted by molar-refractivity contribution is -0.319. The summed E-state index contributed by atoms with van der Waals surface area (Å²) >= 11 is 0. The van der Waals surface area contributed by atoms with Crippen molar-refractivity contribution in [3.05, 3.63) is 11.6 Å². The molecule has 3 saturated carbocycles. The second kappa shape index (κ2) is 6.54. The Morgan fingerprint density at radius 2 is 1.82 bits per heavy atom. The third kappa shape index (κ3) is 2.43. The molecule has 8 aliphatic rings. The maximum absolute atomic E-state index is 14.4. The van der Waals surface area contributed by atoms with E-state index in [4.69, 9.17) is 23.7 Å². The van der Waals surface area contributed by atoms with Gasteiger partial charge in [0.1, 0.15) is 17.3 Å². The van der Waals surface area contributed by atoms with Crippen LogP contribution in [-0.4, -0.2) is 80.0 Å². The molecule has 38 heavy (non-hydrogen) atoms. The van der Waals surface area contributed by atoms with Crippen LogP contribution >= 0.6 is 0 Å². The van der Waals surface area contributed by atoms with E-state index in [0.29, 0.717) is 18.4 Å². The summed E-state index contributed by atoms with van der Waals surface area (Å²) in [5.41, 5.74) is -5.87. The molecule has 4 spiro atoms. The number of epoxide rings is 1. The van der Waals surface area contributed by atoms with Crippen molar-refractivity contribution >= 4 is 17.7 Å². The number of rotatable bonds is 0. The lowest BCUT2D eigenvalue weighted by Gasteiger charge is -2.58. The van der Waals surface area contributed by atoms with E-state index in [-0.39, 0.29) is 55.3 Å². The quantitative estimate of drug-likeness (QED) is 0.345. The van der Waals surface area contributed by atoms with Crippen LogP contribution in [0.3, 0.4) is 0 Å². The van der Waals surface area contributed by atoms with Crippen LogP contribution in [-0.2, 0) is 38.1 Å². The third-order valence-electron chi connectivity index (χ3n) is 11.4. The second-order valence-corrected chi connectivity index (χ2v) is 13.8. The van der Waals surface area contributed by atoms with Crippen LogP contribution in [0.4, 0.5) is 0 Å². The molecule has 2 N–H and O–H groups in total. The number of carbonyl (C=O) groups excluding carboxylic acids is 3. The zero-order chi connectivity index (χ0) is 26.8. The Labute approximate surface area is 219 Å². The monoisotopic (exact) mass is 530 g/mol. The topological polar surface area (TPSA) is 141 Å². The molecule has 0 aromatic heterocycles. The molecule has 0 bridgehead atoms. The Balaban J connectivity index is 1.27. The number of aliphatic hydroxyl groups is 2. The van der Waals surface area contributed by atoms with Crippen LogP contribution in [0.15, 0.2) is 11.6 Å². The van der Waals surface area contributed by atoms with Crippen LogP contribution in [0, 0.1) is 23.7 Å². The second-order valence-electron chi connectivity index (χ2n) is 13.8. The van der Waals surface area contributed by atoms with Gasteiger partial charge in [-0.05, 0) is 45.6 Å². The van der Waals surface area contributed by atoms with Crippen molar-refractivity contribution in [1.82, 2.24) is 0 Å². The summed E-state index contributed by atoms with van der Waals surface area (Å²) in [6.45, 7) is 7.54. The molecular weight excluding hydrogens is 496 g/mol. The van der Waals surface area contributed by atoms with Crippen molar-refractivity contribution < 1.29 is 48.3 Å². The minimum Gasteiger partial charge on any atom is -0.456 e. The van der Waals surface area contributed by atoms with Gasteiger partial charge in [-0.2, -0.15) is 0 Å². The van der Waals surface area contributed by atoms with Crippen molar-refractivity contribution in [3.8, 4) is 0 Å². The summed E-state index contributed by atoms with van der Waals surface area (Å²) in [6, 6.07) is 0. The number of ketones is 1. The zero-order valence-electron chi connectivity index (χ0n) is 22.0. The number of fused-ring (bicyclic) bond motifs is 1. The van der Waals surface area contributed by atoms with Gasteiger partial charge in [-0.3, -0.25) is 9.59 Å². The minimum absolute atomic E-state index is 0.0226. The number of Topliss-reactive ketones (excluding diaryl/α,β-unsaturated/α-hetero) is 1. The van der Waals surface area contributed by atoms with Gasteiger partial charge in [0.2, 0.25) is 5.79 Å². The molecule has 206 valence electrons. The Morgan fingerprint density at radius 3 is 2.53 bits per heavy atom. The summed E-state index contributed by atoms with van der Waals surface area (Å²) in [6.07, 6.45) is 0.581. The summed E-state index contributed by atoms with van der Waals surface area (Å²) in [5, 5.41) is 24.4. The van der Waals surface area contributed by atoms with Gasteiger partial charge in [0.15, 0.2) is 11.4 Å². The lowest BCUT2D eigenvalue weighted by Crippen LogP contribution is -2.75. The van der Waals surface area contributed by atoms with E-state index in [0.717, 1.165) is 0 Å². The average molecular weight is 531 g/mol. The highest BCUT2D eigenvalue weighted by molar-refractivity contribution is 5.94. The van der Waals surface area contributed by atoms with Crippen LogP contribution < -0.4 is 0 Å². The van der Waals surface area contributed by atoms with Gasteiger partial charge in [-0.15, -0.1) is 0 Å². The molecule has 12 unspecified atom stereocenters. The molecule has 10 heteroatoms. The van der Waals surface area contributed by atoms with Gasteiger partial charge in [0.25, 0.3) is 0 Å². The average Bonchev–Trinajstić information content (AvgIpc) is 3.12. The van der Waals surface area contributed by atoms with E-state index in [2.05, 4.69) is 0 Å². The van der Waals surface area contributed by atoms with Gasteiger partial charge in [-0.1, -0.05) is 6.92 Å². The highest BCUT2D eigenvalue weighted by Gasteiger charge is 2.91. The molecule has 8 rings (SSSR count). The highest BCUT2D eigenvalue weighted by Crippen LogP contribution is 2.75. The molecule has 10 nitrogen and oxygen atoms in total. The first kappa shape index (κ1) is 24.0. The normalized spacial score (nSPS) is 59.1. The zero-order valence-corrected chi connectivity index (χ0v) is 22.0. The first-order valence-corrected chi connectivity index (χ1v) is 13.9. The predicted octanol–water partition coefficient (Wildman–Crippen LogP) is 1.09. The summed E-state index contributed by atoms with van der Waals surface area (Å²) in [5.74, 6) is -4.07. The van der Waals surface area contributed by atoms with Crippen molar-refractivity contribution in [1.29, 1.82) is 0 Å². The van der Waals surface area contributed by atoms with Gasteiger partial charge >= 0.3 is 11.9 Å². The largest absolute Gasteiger partial charge is 0.456 e. The van der Waals surface area contributed by atoms with E-state index < -0.39 is 63.9 Å². The number of hydrogen-bond acceptors (Lipinski definition) is 10. The molecule has 3 aliphatic carbocycles. The van der Waals surface area contributed by atoms with Gasteiger partial charge < -0.3 is 33.9 Å². The predicted molar refractivity (Wildman–Crippen MR) is 125 cm³/mol. The number of aliphatic hydroxyl groups excluding tert-OH is 1. The Bertz CT molecular complexity index is 1240. The van der Waals surface area contributed by atoms with Crippen LogP contribution in [0.25, 0.3) is 0 Å². The molecule has 12 atom stereocenters. The number of hydrogen-bond donors (Lipinski definition) is 2. The third-order valence-corrected chi connectivity index (χ3v) is 11.4.